The van der Waals surface area contributed by atoms with Crippen molar-refractivity contribution in [3.05, 3.63) is 54.1 Å². The van der Waals surface area contributed by atoms with Gasteiger partial charge in [-0.2, -0.15) is 0 Å². The van der Waals surface area contributed by atoms with Crippen molar-refractivity contribution in [3.63, 3.8) is 0 Å². The third-order valence-corrected chi connectivity index (χ3v) is 4.06. The van der Waals surface area contributed by atoms with Crippen molar-refractivity contribution in [2.75, 3.05) is 25.6 Å². The maximum absolute atomic E-state index is 12.4. The number of methoxy groups -OCH3 is 1. The standard InChI is InChI=1S/C20H20N2O6/c1-26-18(23)10-11-21-19(24)13-6-8-14(9-7-13)22-20(25)17-12-27-15-4-2-3-5-16(15)28-17/h2-9,17H,10-12H2,1H3,(H,21,24)(H,22,25)/t17-/m0/s1. The maximum Gasteiger partial charge on any atom is 0.307 e. The average Bonchev–Trinajstić information content (AvgIpc) is 2.73. The molecule has 1 aliphatic rings. The minimum absolute atomic E-state index is 0.100. The van der Waals surface area contributed by atoms with Crippen LogP contribution in [0.4, 0.5) is 5.69 Å². The highest BCUT2D eigenvalue weighted by molar-refractivity contribution is 5.97. The SMILES string of the molecule is COC(=O)CCNC(=O)c1ccc(NC(=O)[C@@H]2COc3ccccc3O2)cc1. The molecule has 2 aromatic carbocycles. The Morgan fingerprint density at radius 1 is 1.07 bits per heavy atom. The molecule has 0 fully saturated rings. The number of carbonyl (C=O) groups excluding carboxylic acids is 3. The number of amides is 2. The summed E-state index contributed by atoms with van der Waals surface area (Å²) >= 11 is 0. The van der Waals surface area contributed by atoms with Gasteiger partial charge in [-0.05, 0) is 36.4 Å². The van der Waals surface area contributed by atoms with Gasteiger partial charge in [0.05, 0.1) is 13.5 Å². The van der Waals surface area contributed by atoms with Crippen molar-refractivity contribution in [3.8, 4) is 11.5 Å². The predicted octanol–water partition coefficient (Wildman–Crippen LogP) is 1.76. The van der Waals surface area contributed by atoms with Gasteiger partial charge in [0.25, 0.3) is 11.8 Å². The fraction of sp³-hybridized carbons (Fsp3) is 0.250. The first-order chi connectivity index (χ1) is 13.6. The first kappa shape index (κ1) is 19.2. The monoisotopic (exact) mass is 384 g/mol. The number of benzene rings is 2. The number of para-hydroxylation sites is 2. The smallest absolute Gasteiger partial charge is 0.307 e. The summed E-state index contributed by atoms with van der Waals surface area (Å²) < 4.78 is 15.7. The largest absolute Gasteiger partial charge is 0.485 e. The molecule has 0 aromatic heterocycles. The van der Waals surface area contributed by atoms with Crippen molar-refractivity contribution in [1.82, 2.24) is 5.32 Å². The summed E-state index contributed by atoms with van der Waals surface area (Å²) in [7, 11) is 1.29. The van der Waals surface area contributed by atoms with Crippen LogP contribution in [-0.4, -0.2) is 44.1 Å². The number of hydrogen-bond donors (Lipinski definition) is 2. The zero-order chi connectivity index (χ0) is 19.9. The predicted molar refractivity (Wildman–Crippen MR) is 100 cm³/mol. The Labute approximate surface area is 161 Å². The van der Waals surface area contributed by atoms with Crippen molar-refractivity contribution >= 4 is 23.5 Å². The molecule has 1 atom stereocenters. The lowest BCUT2D eigenvalue weighted by molar-refractivity contribution is -0.140. The Balaban J connectivity index is 1.52. The molecule has 2 N–H and O–H groups in total. The van der Waals surface area contributed by atoms with Crippen molar-refractivity contribution in [2.24, 2.45) is 0 Å². The van der Waals surface area contributed by atoms with Gasteiger partial charge in [0, 0.05) is 17.8 Å². The van der Waals surface area contributed by atoms with Gasteiger partial charge >= 0.3 is 5.97 Å². The topological polar surface area (TPSA) is 103 Å². The molecular formula is C20H20N2O6. The van der Waals surface area contributed by atoms with Gasteiger partial charge in [-0.1, -0.05) is 12.1 Å². The Morgan fingerprint density at radius 2 is 1.79 bits per heavy atom. The van der Waals surface area contributed by atoms with Gasteiger partial charge in [-0.15, -0.1) is 0 Å². The number of rotatable bonds is 6. The number of anilines is 1. The number of fused-ring (bicyclic) bond motifs is 1. The molecule has 2 aromatic rings. The van der Waals surface area contributed by atoms with Crippen LogP contribution < -0.4 is 20.1 Å². The Morgan fingerprint density at radius 3 is 2.50 bits per heavy atom. The molecule has 3 rings (SSSR count). The summed E-state index contributed by atoms with van der Waals surface area (Å²) in [6.45, 7) is 0.300. The summed E-state index contributed by atoms with van der Waals surface area (Å²) in [5.41, 5.74) is 0.938. The first-order valence-corrected chi connectivity index (χ1v) is 8.71. The second-order valence-electron chi connectivity index (χ2n) is 6.01. The van der Waals surface area contributed by atoms with E-state index in [0.29, 0.717) is 22.7 Å². The third kappa shape index (κ3) is 4.79. The summed E-state index contributed by atoms with van der Waals surface area (Å²) in [5.74, 6) is 0.0732. The lowest BCUT2D eigenvalue weighted by atomic mass is 10.2. The molecule has 8 nitrogen and oxygen atoms in total. The number of carbonyl (C=O) groups is 3. The van der Waals surface area contributed by atoms with Crippen LogP contribution in [0.25, 0.3) is 0 Å². The summed E-state index contributed by atoms with van der Waals surface area (Å²) in [6.07, 6.45) is -0.667. The van der Waals surface area contributed by atoms with Crippen LogP contribution in [0, 0.1) is 0 Å². The van der Waals surface area contributed by atoms with Crippen LogP contribution >= 0.6 is 0 Å². The molecule has 28 heavy (non-hydrogen) atoms. The zero-order valence-corrected chi connectivity index (χ0v) is 15.3. The van der Waals surface area contributed by atoms with Gasteiger partial charge in [0.1, 0.15) is 6.61 Å². The molecule has 0 saturated heterocycles. The van der Waals surface area contributed by atoms with Crippen LogP contribution in [-0.2, 0) is 14.3 Å². The van der Waals surface area contributed by atoms with Crippen molar-refractivity contribution in [1.29, 1.82) is 0 Å². The van der Waals surface area contributed by atoms with E-state index in [9.17, 15) is 14.4 Å². The minimum atomic E-state index is -0.767. The van der Waals surface area contributed by atoms with E-state index in [1.807, 2.05) is 6.07 Å². The summed E-state index contributed by atoms with van der Waals surface area (Å²) in [6, 6.07) is 13.5. The quantitative estimate of drug-likeness (QED) is 0.736. The van der Waals surface area contributed by atoms with E-state index in [4.69, 9.17) is 9.47 Å². The Kier molecular flexibility index (Phi) is 6.11. The van der Waals surface area contributed by atoms with E-state index in [2.05, 4.69) is 15.4 Å². The molecule has 0 saturated carbocycles. The molecule has 0 aliphatic carbocycles. The van der Waals surface area contributed by atoms with Gasteiger partial charge < -0.3 is 24.8 Å². The van der Waals surface area contributed by atoms with E-state index in [1.54, 1.807) is 42.5 Å². The van der Waals surface area contributed by atoms with Crippen molar-refractivity contribution in [2.45, 2.75) is 12.5 Å². The van der Waals surface area contributed by atoms with E-state index >= 15 is 0 Å². The molecule has 0 unspecified atom stereocenters. The zero-order valence-electron chi connectivity index (χ0n) is 15.3. The van der Waals surface area contributed by atoms with E-state index in [1.165, 1.54) is 7.11 Å². The lowest BCUT2D eigenvalue weighted by Gasteiger charge is -2.25. The van der Waals surface area contributed by atoms with Crippen LogP contribution in [0.2, 0.25) is 0 Å². The maximum atomic E-state index is 12.4. The molecule has 0 spiro atoms. The number of ether oxygens (including phenoxy) is 3. The van der Waals surface area contributed by atoms with Gasteiger partial charge in [-0.25, -0.2) is 0 Å². The third-order valence-electron chi connectivity index (χ3n) is 4.06. The lowest BCUT2D eigenvalue weighted by Crippen LogP contribution is -2.40. The first-order valence-electron chi connectivity index (χ1n) is 8.71. The second kappa shape index (κ2) is 8.90. The van der Waals surface area contributed by atoms with Crippen LogP contribution in [0.5, 0.6) is 11.5 Å². The van der Waals surface area contributed by atoms with Crippen molar-refractivity contribution < 1.29 is 28.6 Å². The Hall–Kier alpha value is -3.55. The molecule has 8 heteroatoms. The summed E-state index contributed by atoms with van der Waals surface area (Å²) in [5, 5.41) is 5.36. The fourth-order valence-electron chi connectivity index (χ4n) is 2.56. The molecule has 0 bridgehead atoms. The normalized spacial score (nSPS) is 14.7. The molecule has 1 aliphatic heterocycles. The van der Waals surface area contributed by atoms with Crippen LogP contribution in [0.1, 0.15) is 16.8 Å². The molecule has 146 valence electrons. The summed E-state index contributed by atoms with van der Waals surface area (Å²) in [4.78, 5) is 35.5. The molecule has 2 amide bonds. The number of nitrogens with one attached hydrogen (secondary N) is 2. The average molecular weight is 384 g/mol. The van der Waals surface area contributed by atoms with E-state index < -0.39 is 12.1 Å². The van der Waals surface area contributed by atoms with Crippen LogP contribution in [0.3, 0.4) is 0 Å². The number of hydrogen-bond acceptors (Lipinski definition) is 6. The van der Waals surface area contributed by atoms with E-state index in [0.717, 1.165) is 0 Å². The van der Waals surface area contributed by atoms with Gasteiger partial charge in [-0.3, -0.25) is 14.4 Å². The Bertz CT molecular complexity index is 865. The fourth-order valence-corrected chi connectivity index (χ4v) is 2.56. The molecule has 1 heterocycles. The molecular weight excluding hydrogens is 364 g/mol. The highest BCUT2D eigenvalue weighted by Gasteiger charge is 2.27. The van der Waals surface area contributed by atoms with E-state index in [-0.39, 0.29) is 31.4 Å². The number of esters is 1. The highest BCUT2D eigenvalue weighted by Crippen LogP contribution is 2.31. The van der Waals surface area contributed by atoms with Crippen LogP contribution in [0.15, 0.2) is 48.5 Å². The van der Waals surface area contributed by atoms with Gasteiger partial charge in [0.15, 0.2) is 11.5 Å². The molecule has 0 radical (unpaired) electrons. The minimum Gasteiger partial charge on any atom is -0.485 e. The van der Waals surface area contributed by atoms with Gasteiger partial charge in [0.2, 0.25) is 6.10 Å². The second-order valence-corrected chi connectivity index (χ2v) is 6.01. The highest BCUT2D eigenvalue weighted by atomic mass is 16.6.